The molecular weight excluding hydrogens is 469 g/mol. The summed E-state index contributed by atoms with van der Waals surface area (Å²) in [5, 5.41) is 6.23. The number of carbonyl (C=O) groups is 1. The average molecular weight is 502 g/mol. The van der Waals surface area contributed by atoms with Crippen LogP contribution in [-0.4, -0.2) is 37.2 Å². The third-order valence-corrected chi connectivity index (χ3v) is 5.99. The molecule has 5 nitrogen and oxygen atoms in total. The molecule has 3 aromatic rings. The Balaban J connectivity index is 0.00000204. The maximum absolute atomic E-state index is 12.7. The van der Waals surface area contributed by atoms with Crippen LogP contribution in [0.25, 0.3) is 0 Å². The second-order valence-corrected chi connectivity index (χ2v) is 8.23. The monoisotopic (exact) mass is 501 g/mol. The van der Waals surface area contributed by atoms with E-state index >= 15 is 0 Å². The summed E-state index contributed by atoms with van der Waals surface area (Å²) in [5.74, 6) is 0. The molecule has 4 rings (SSSR count). The van der Waals surface area contributed by atoms with E-state index in [1.807, 2.05) is 67.7 Å². The number of carbonyl (C=O) groups excluding carboxylic acids is 1. The summed E-state index contributed by atoms with van der Waals surface area (Å²) in [6.45, 7) is 2.77. The van der Waals surface area contributed by atoms with Crippen LogP contribution in [0.1, 0.15) is 35.6 Å². The fourth-order valence-electron chi connectivity index (χ4n) is 4.17. The number of benzene rings is 3. The number of halogens is 2. The maximum Gasteiger partial charge on any atom is 0.408 e. The molecule has 1 heterocycles. The van der Waals surface area contributed by atoms with Crippen molar-refractivity contribution < 1.29 is 9.53 Å². The first-order chi connectivity index (χ1) is 15.7. The Kier molecular flexibility index (Phi) is 11.2. The van der Waals surface area contributed by atoms with Gasteiger partial charge in [-0.1, -0.05) is 72.8 Å². The van der Waals surface area contributed by atoms with Crippen LogP contribution >= 0.6 is 24.8 Å². The summed E-state index contributed by atoms with van der Waals surface area (Å²) < 4.78 is 5.81. The van der Waals surface area contributed by atoms with Crippen molar-refractivity contribution in [3.63, 3.8) is 0 Å². The number of nitrogens with zero attached hydrogens (tertiary/aromatic N) is 1. The number of amides is 1. The van der Waals surface area contributed by atoms with Crippen molar-refractivity contribution in [2.75, 3.05) is 25.5 Å². The van der Waals surface area contributed by atoms with Gasteiger partial charge in [0.1, 0.15) is 6.10 Å². The number of rotatable bonds is 7. The van der Waals surface area contributed by atoms with Gasteiger partial charge in [0.2, 0.25) is 0 Å². The van der Waals surface area contributed by atoms with Gasteiger partial charge in [-0.15, -0.1) is 24.8 Å². The van der Waals surface area contributed by atoms with Crippen molar-refractivity contribution in [3.05, 3.63) is 102 Å². The average Bonchev–Trinajstić information content (AvgIpc) is 2.85. The summed E-state index contributed by atoms with van der Waals surface area (Å²) in [6.07, 6.45) is 1.29. The SMILES string of the molecule is CNc1ccc(CN2CCC(OC(=O)NC(c3ccccc3)c3ccccc3)CC2)cc1.Cl.Cl. The Morgan fingerprint density at radius 1 is 0.882 bits per heavy atom. The van der Waals surface area contributed by atoms with Gasteiger partial charge < -0.3 is 15.4 Å². The van der Waals surface area contributed by atoms with E-state index in [1.165, 1.54) is 5.56 Å². The molecule has 0 bridgehead atoms. The number of hydrogen-bond acceptors (Lipinski definition) is 4. The molecule has 34 heavy (non-hydrogen) atoms. The van der Waals surface area contributed by atoms with E-state index in [0.717, 1.165) is 49.3 Å². The lowest BCUT2D eigenvalue weighted by molar-refractivity contribution is 0.0476. The molecule has 0 aliphatic carbocycles. The molecule has 1 amide bonds. The highest BCUT2D eigenvalue weighted by molar-refractivity contribution is 5.85. The first-order valence-corrected chi connectivity index (χ1v) is 11.3. The number of piperidine rings is 1. The Morgan fingerprint density at radius 3 is 1.91 bits per heavy atom. The largest absolute Gasteiger partial charge is 0.446 e. The molecule has 1 aliphatic rings. The van der Waals surface area contributed by atoms with Crippen LogP contribution in [0.4, 0.5) is 10.5 Å². The summed E-state index contributed by atoms with van der Waals surface area (Å²) in [4.78, 5) is 15.2. The number of ether oxygens (including phenoxy) is 1. The molecular formula is C27H33Cl2N3O2. The maximum atomic E-state index is 12.7. The molecule has 1 aliphatic heterocycles. The van der Waals surface area contributed by atoms with Gasteiger partial charge in [0.15, 0.2) is 0 Å². The van der Waals surface area contributed by atoms with E-state index < -0.39 is 0 Å². The molecule has 3 aromatic carbocycles. The lowest BCUT2D eigenvalue weighted by Crippen LogP contribution is -2.40. The number of alkyl carbamates (subject to hydrolysis) is 1. The van der Waals surface area contributed by atoms with E-state index in [-0.39, 0.29) is 43.1 Å². The van der Waals surface area contributed by atoms with E-state index in [4.69, 9.17) is 4.74 Å². The molecule has 0 spiro atoms. The van der Waals surface area contributed by atoms with Crippen molar-refractivity contribution in [3.8, 4) is 0 Å². The fraction of sp³-hybridized carbons (Fsp3) is 0.296. The summed E-state index contributed by atoms with van der Waals surface area (Å²) >= 11 is 0. The van der Waals surface area contributed by atoms with Gasteiger partial charge >= 0.3 is 6.09 Å². The predicted molar refractivity (Wildman–Crippen MR) is 143 cm³/mol. The quantitative estimate of drug-likeness (QED) is 0.413. The highest BCUT2D eigenvalue weighted by atomic mass is 35.5. The van der Waals surface area contributed by atoms with E-state index in [9.17, 15) is 4.79 Å². The van der Waals surface area contributed by atoms with Gasteiger partial charge in [-0.3, -0.25) is 4.90 Å². The van der Waals surface area contributed by atoms with Crippen LogP contribution in [0, 0.1) is 0 Å². The molecule has 0 aromatic heterocycles. The molecule has 0 atom stereocenters. The molecule has 2 N–H and O–H groups in total. The van der Waals surface area contributed by atoms with Crippen molar-refractivity contribution in [1.82, 2.24) is 10.2 Å². The number of nitrogens with one attached hydrogen (secondary N) is 2. The number of hydrogen-bond donors (Lipinski definition) is 2. The van der Waals surface area contributed by atoms with Gasteiger partial charge in [-0.25, -0.2) is 4.79 Å². The number of anilines is 1. The van der Waals surface area contributed by atoms with Crippen LogP contribution in [0.3, 0.4) is 0 Å². The molecule has 182 valence electrons. The second-order valence-electron chi connectivity index (χ2n) is 8.23. The van der Waals surface area contributed by atoms with Gasteiger partial charge in [0.25, 0.3) is 0 Å². The molecule has 1 fully saturated rings. The van der Waals surface area contributed by atoms with Crippen molar-refractivity contribution in [2.45, 2.75) is 31.5 Å². The summed E-state index contributed by atoms with van der Waals surface area (Å²) in [7, 11) is 1.93. The number of likely N-dealkylation sites (tertiary alicyclic amines) is 1. The minimum absolute atomic E-state index is 0. The van der Waals surface area contributed by atoms with Crippen LogP contribution in [0.15, 0.2) is 84.9 Å². The van der Waals surface area contributed by atoms with Gasteiger partial charge in [0.05, 0.1) is 6.04 Å². The molecule has 7 heteroatoms. The van der Waals surface area contributed by atoms with E-state index in [2.05, 4.69) is 39.8 Å². The second kappa shape index (κ2) is 13.9. The molecule has 1 saturated heterocycles. The Bertz CT molecular complexity index is 940. The minimum Gasteiger partial charge on any atom is -0.446 e. The van der Waals surface area contributed by atoms with Crippen LogP contribution in [-0.2, 0) is 11.3 Å². The van der Waals surface area contributed by atoms with Crippen molar-refractivity contribution in [2.24, 2.45) is 0 Å². The zero-order valence-corrected chi connectivity index (χ0v) is 21.0. The molecule has 0 saturated carbocycles. The third kappa shape index (κ3) is 7.66. The van der Waals surface area contributed by atoms with E-state index in [1.54, 1.807) is 0 Å². The van der Waals surface area contributed by atoms with Crippen LogP contribution < -0.4 is 10.6 Å². The van der Waals surface area contributed by atoms with Crippen LogP contribution in [0.5, 0.6) is 0 Å². The fourth-order valence-corrected chi connectivity index (χ4v) is 4.17. The summed E-state index contributed by atoms with van der Waals surface area (Å²) in [6, 6.07) is 28.3. The third-order valence-electron chi connectivity index (χ3n) is 5.99. The topological polar surface area (TPSA) is 53.6 Å². The zero-order valence-electron chi connectivity index (χ0n) is 19.4. The van der Waals surface area contributed by atoms with Gasteiger partial charge in [-0.05, 0) is 41.7 Å². The van der Waals surface area contributed by atoms with Gasteiger partial charge in [0, 0.05) is 32.4 Å². The first kappa shape index (κ1) is 27.5. The minimum atomic E-state index is -0.358. The smallest absolute Gasteiger partial charge is 0.408 e. The molecule has 0 radical (unpaired) electrons. The van der Waals surface area contributed by atoms with Crippen LogP contribution in [0.2, 0.25) is 0 Å². The van der Waals surface area contributed by atoms with Crippen molar-refractivity contribution in [1.29, 1.82) is 0 Å². The predicted octanol–water partition coefficient (Wildman–Crippen LogP) is 6.05. The Morgan fingerprint density at radius 2 is 1.41 bits per heavy atom. The first-order valence-electron chi connectivity index (χ1n) is 11.3. The normalized spacial score (nSPS) is 13.9. The van der Waals surface area contributed by atoms with Gasteiger partial charge in [-0.2, -0.15) is 0 Å². The highest BCUT2D eigenvalue weighted by Crippen LogP contribution is 2.23. The Hall–Kier alpha value is -2.73. The van der Waals surface area contributed by atoms with Crippen molar-refractivity contribution >= 4 is 36.6 Å². The standard InChI is InChI=1S/C27H31N3O2.2ClH/c1-28-24-14-12-21(13-15-24)20-30-18-16-25(17-19-30)32-27(31)29-26(22-8-4-2-5-9-22)23-10-6-3-7-11-23;;/h2-15,25-26,28H,16-20H2,1H3,(H,29,31);2*1H. The molecule has 0 unspecified atom stereocenters. The zero-order chi connectivity index (χ0) is 22.2. The lowest BCUT2D eigenvalue weighted by atomic mass is 9.99. The van der Waals surface area contributed by atoms with E-state index in [0.29, 0.717) is 0 Å². The highest BCUT2D eigenvalue weighted by Gasteiger charge is 2.24. The Labute approximate surface area is 214 Å². The summed E-state index contributed by atoms with van der Waals surface area (Å²) in [5.41, 5.74) is 4.50. The lowest BCUT2D eigenvalue weighted by Gasteiger charge is -2.32.